The minimum Gasteiger partial charge on any atom is -0.380 e. The number of carbonyl (C=O) groups excluding carboxylic acids is 1. The second-order valence-electron chi connectivity index (χ2n) is 3.69. The molecule has 0 bridgehead atoms. The van der Waals surface area contributed by atoms with Crippen LogP contribution in [0.1, 0.15) is 15.9 Å². The Morgan fingerprint density at radius 1 is 1.12 bits per heavy atom. The van der Waals surface area contributed by atoms with Gasteiger partial charge in [-0.3, -0.25) is 4.79 Å². The van der Waals surface area contributed by atoms with E-state index in [9.17, 15) is 9.18 Å². The first-order chi connectivity index (χ1) is 8.29. The predicted octanol–water partition coefficient (Wildman–Crippen LogP) is 3.25. The van der Waals surface area contributed by atoms with Gasteiger partial charge in [0.25, 0.3) is 0 Å². The quantitative estimate of drug-likeness (QED) is 0.815. The lowest BCUT2D eigenvalue weighted by atomic mass is 10.1. The molecule has 0 amide bonds. The lowest BCUT2D eigenvalue weighted by Gasteiger charge is -2.08. The first kappa shape index (κ1) is 11.3. The SMILES string of the molecule is O=Cc1ccc(F)cc1NCc1ccccc1. The second kappa shape index (κ2) is 5.25. The second-order valence-corrected chi connectivity index (χ2v) is 3.69. The molecule has 2 aromatic rings. The Bertz CT molecular complexity index is 511. The first-order valence-electron chi connectivity index (χ1n) is 5.32. The first-order valence-corrected chi connectivity index (χ1v) is 5.32. The van der Waals surface area contributed by atoms with Gasteiger partial charge in [-0.1, -0.05) is 30.3 Å². The molecule has 1 N–H and O–H groups in total. The number of nitrogens with one attached hydrogen (secondary N) is 1. The van der Waals surface area contributed by atoms with Crippen molar-refractivity contribution in [2.24, 2.45) is 0 Å². The maximum atomic E-state index is 13.1. The Morgan fingerprint density at radius 3 is 2.59 bits per heavy atom. The van der Waals surface area contributed by atoms with E-state index in [4.69, 9.17) is 0 Å². The maximum absolute atomic E-state index is 13.1. The Kier molecular flexibility index (Phi) is 3.50. The summed E-state index contributed by atoms with van der Waals surface area (Å²) in [5, 5.41) is 3.05. The van der Waals surface area contributed by atoms with Crippen molar-refractivity contribution in [3.05, 3.63) is 65.5 Å². The van der Waals surface area contributed by atoms with Crippen LogP contribution in [0.25, 0.3) is 0 Å². The summed E-state index contributed by atoms with van der Waals surface area (Å²) in [6, 6.07) is 13.8. The van der Waals surface area contributed by atoms with Crippen molar-refractivity contribution in [2.75, 3.05) is 5.32 Å². The topological polar surface area (TPSA) is 29.1 Å². The molecule has 3 heteroatoms. The number of rotatable bonds is 4. The molecule has 0 unspecified atom stereocenters. The number of hydrogen-bond donors (Lipinski definition) is 1. The molecule has 0 aliphatic heterocycles. The summed E-state index contributed by atoms with van der Waals surface area (Å²) in [4.78, 5) is 10.8. The molecule has 2 rings (SSSR count). The number of halogens is 1. The summed E-state index contributed by atoms with van der Waals surface area (Å²) in [5.41, 5.74) is 2.06. The lowest BCUT2D eigenvalue weighted by Crippen LogP contribution is -2.02. The number of aldehydes is 1. The summed E-state index contributed by atoms with van der Waals surface area (Å²) < 4.78 is 13.1. The smallest absolute Gasteiger partial charge is 0.152 e. The van der Waals surface area contributed by atoms with Crippen LogP contribution in [0.3, 0.4) is 0 Å². The fraction of sp³-hybridized carbons (Fsp3) is 0.0714. The molecule has 0 aliphatic rings. The third kappa shape index (κ3) is 2.91. The zero-order valence-corrected chi connectivity index (χ0v) is 9.19. The van der Waals surface area contributed by atoms with E-state index in [0.717, 1.165) is 5.56 Å². The van der Waals surface area contributed by atoms with Crippen LogP contribution in [0.2, 0.25) is 0 Å². The number of hydrogen-bond acceptors (Lipinski definition) is 2. The van der Waals surface area contributed by atoms with E-state index in [1.165, 1.54) is 18.2 Å². The van der Waals surface area contributed by atoms with Crippen molar-refractivity contribution in [1.82, 2.24) is 0 Å². The monoisotopic (exact) mass is 229 g/mol. The molecule has 17 heavy (non-hydrogen) atoms. The molecular weight excluding hydrogens is 217 g/mol. The van der Waals surface area contributed by atoms with Gasteiger partial charge in [0.1, 0.15) is 5.82 Å². The fourth-order valence-electron chi connectivity index (χ4n) is 1.58. The van der Waals surface area contributed by atoms with Gasteiger partial charge in [-0.15, -0.1) is 0 Å². The molecule has 0 aliphatic carbocycles. The molecule has 0 fully saturated rings. The lowest BCUT2D eigenvalue weighted by molar-refractivity contribution is 0.112. The van der Waals surface area contributed by atoms with Gasteiger partial charge in [-0.25, -0.2) is 4.39 Å². The summed E-state index contributed by atoms with van der Waals surface area (Å²) >= 11 is 0. The Labute approximate surface area is 99.1 Å². The van der Waals surface area contributed by atoms with Crippen LogP contribution in [-0.4, -0.2) is 6.29 Å². The predicted molar refractivity (Wildman–Crippen MR) is 65.6 cm³/mol. The Hall–Kier alpha value is -2.16. The van der Waals surface area contributed by atoms with Gasteiger partial charge < -0.3 is 5.32 Å². The number of carbonyl (C=O) groups is 1. The molecule has 2 aromatic carbocycles. The van der Waals surface area contributed by atoms with Gasteiger partial charge in [0.2, 0.25) is 0 Å². The highest BCUT2D eigenvalue weighted by Crippen LogP contribution is 2.16. The molecule has 0 aromatic heterocycles. The van der Waals surface area contributed by atoms with Crippen LogP contribution < -0.4 is 5.32 Å². The van der Waals surface area contributed by atoms with Crippen LogP contribution in [0.5, 0.6) is 0 Å². The highest BCUT2D eigenvalue weighted by Gasteiger charge is 2.02. The molecular formula is C14H12FNO. The van der Waals surface area contributed by atoms with E-state index < -0.39 is 0 Å². The fourth-order valence-corrected chi connectivity index (χ4v) is 1.58. The van der Waals surface area contributed by atoms with Crippen LogP contribution in [0.4, 0.5) is 10.1 Å². The van der Waals surface area contributed by atoms with Gasteiger partial charge in [0.05, 0.1) is 0 Å². The van der Waals surface area contributed by atoms with Gasteiger partial charge in [-0.2, -0.15) is 0 Å². The highest BCUT2D eigenvalue weighted by atomic mass is 19.1. The molecule has 2 nitrogen and oxygen atoms in total. The minimum atomic E-state index is -0.355. The van der Waals surface area contributed by atoms with Crippen LogP contribution >= 0.6 is 0 Å². The van der Waals surface area contributed by atoms with Crippen molar-refractivity contribution in [2.45, 2.75) is 6.54 Å². The van der Waals surface area contributed by atoms with Gasteiger partial charge >= 0.3 is 0 Å². The molecule has 0 radical (unpaired) electrons. The molecule has 86 valence electrons. The highest BCUT2D eigenvalue weighted by molar-refractivity contribution is 5.84. The van der Waals surface area contributed by atoms with Crippen LogP contribution in [0.15, 0.2) is 48.5 Å². The summed E-state index contributed by atoms with van der Waals surface area (Å²) in [7, 11) is 0. The van der Waals surface area contributed by atoms with Crippen LogP contribution in [-0.2, 0) is 6.54 Å². The molecule has 0 saturated heterocycles. The molecule has 0 spiro atoms. The minimum absolute atomic E-state index is 0.355. The summed E-state index contributed by atoms with van der Waals surface area (Å²) in [6.45, 7) is 0.561. The third-order valence-electron chi connectivity index (χ3n) is 2.47. The van der Waals surface area contributed by atoms with E-state index >= 15 is 0 Å². The normalized spacial score (nSPS) is 9.94. The molecule has 0 saturated carbocycles. The van der Waals surface area contributed by atoms with Gasteiger partial charge in [0.15, 0.2) is 6.29 Å². The van der Waals surface area contributed by atoms with Crippen molar-refractivity contribution in [3.63, 3.8) is 0 Å². The maximum Gasteiger partial charge on any atom is 0.152 e. The third-order valence-corrected chi connectivity index (χ3v) is 2.47. The van der Waals surface area contributed by atoms with E-state index in [1.54, 1.807) is 0 Å². The van der Waals surface area contributed by atoms with E-state index in [-0.39, 0.29) is 5.82 Å². The Balaban J connectivity index is 2.13. The van der Waals surface area contributed by atoms with E-state index in [1.807, 2.05) is 30.3 Å². The van der Waals surface area contributed by atoms with Crippen LogP contribution in [0, 0.1) is 5.82 Å². The molecule has 0 atom stereocenters. The van der Waals surface area contributed by atoms with E-state index in [0.29, 0.717) is 24.1 Å². The average molecular weight is 229 g/mol. The Morgan fingerprint density at radius 2 is 1.88 bits per heavy atom. The standard InChI is InChI=1S/C14H12FNO/c15-13-7-6-12(10-17)14(8-13)16-9-11-4-2-1-3-5-11/h1-8,10,16H,9H2. The van der Waals surface area contributed by atoms with Gasteiger partial charge in [0, 0.05) is 17.8 Å². The summed E-state index contributed by atoms with van der Waals surface area (Å²) in [6.07, 6.45) is 0.715. The number of anilines is 1. The van der Waals surface area contributed by atoms with Crippen molar-refractivity contribution in [3.8, 4) is 0 Å². The summed E-state index contributed by atoms with van der Waals surface area (Å²) in [5.74, 6) is -0.355. The van der Waals surface area contributed by atoms with E-state index in [2.05, 4.69) is 5.32 Å². The zero-order chi connectivity index (χ0) is 12.1. The average Bonchev–Trinajstić information content (AvgIpc) is 2.38. The zero-order valence-electron chi connectivity index (χ0n) is 9.19. The van der Waals surface area contributed by atoms with Crippen molar-refractivity contribution >= 4 is 12.0 Å². The van der Waals surface area contributed by atoms with Crippen molar-refractivity contribution < 1.29 is 9.18 Å². The largest absolute Gasteiger partial charge is 0.380 e. The number of benzene rings is 2. The van der Waals surface area contributed by atoms with Gasteiger partial charge in [-0.05, 0) is 23.8 Å². The molecule has 0 heterocycles. The van der Waals surface area contributed by atoms with Crippen molar-refractivity contribution in [1.29, 1.82) is 0 Å².